The van der Waals surface area contributed by atoms with Gasteiger partial charge in [-0.15, -0.1) is 0 Å². The summed E-state index contributed by atoms with van der Waals surface area (Å²) in [5, 5.41) is 13.5. The Morgan fingerprint density at radius 2 is 1.91 bits per heavy atom. The molecule has 3 aromatic rings. The second-order valence-corrected chi connectivity index (χ2v) is 5.14. The number of hydrogen-bond acceptors (Lipinski definition) is 4. The van der Waals surface area contributed by atoms with Crippen molar-refractivity contribution in [2.24, 2.45) is 0 Å². The van der Waals surface area contributed by atoms with Crippen molar-refractivity contribution >= 4 is 16.8 Å². The molecule has 0 unspecified atom stereocenters. The second kappa shape index (κ2) is 6.31. The number of aromatic hydroxyl groups is 1. The molecule has 0 radical (unpaired) electrons. The zero-order valence-corrected chi connectivity index (χ0v) is 12.2. The summed E-state index contributed by atoms with van der Waals surface area (Å²) >= 11 is 0. The predicted molar refractivity (Wildman–Crippen MR) is 86.0 cm³/mol. The first kappa shape index (κ1) is 14.8. The lowest BCUT2D eigenvalue weighted by atomic mass is 10.1. The maximum atomic E-state index is 12.1. The van der Waals surface area contributed by atoms with Gasteiger partial charge >= 0.3 is 0 Å². The summed E-state index contributed by atoms with van der Waals surface area (Å²) in [5.41, 5.74) is 1.05. The Morgan fingerprint density at radius 3 is 2.70 bits per heavy atom. The number of amides is 1. The standard InChI is InChI=1S/C17H15N3O3/c21-15(19-10-11-5-7-18-8-6-11)9-13-16(22)12-3-1-2-4-14(12)20-17(13)23/h1-8H,9-10H2,(H,19,21)(H2,20,22,23). The molecule has 116 valence electrons. The van der Waals surface area contributed by atoms with Crippen LogP contribution in [0.1, 0.15) is 11.1 Å². The van der Waals surface area contributed by atoms with Crippen molar-refractivity contribution in [1.82, 2.24) is 15.3 Å². The Kier molecular flexibility index (Phi) is 4.05. The highest BCUT2D eigenvalue weighted by Crippen LogP contribution is 2.24. The Morgan fingerprint density at radius 1 is 1.17 bits per heavy atom. The fraction of sp³-hybridized carbons (Fsp3) is 0.118. The Labute approximate surface area is 131 Å². The van der Waals surface area contributed by atoms with E-state index in [4.69, 9.17) is 0 Å². The van der Waals surface area contributed by atoms with E-state index in [1.807, 2.05) is 0 Å². The van der Waals surface area contributed by atoms with E-state index in [2.05, 4.69) is 15.3 Å². The van der Waals surface area contributed by atoms with E-state index < -0.39 is 5.56 Å². The first-order valence-corrected chi connectivity index (χ1v) is 7.13. The number of fused-ring (bicyclic) bond motifs is 1. The van der Waals surface area contributed by atoms with Crippen LogP contribution in [0.2, 0.25) is 0 Å². The average molecular weight is 309 g/mol. The molecule has 0 saturated heterocycles. The first-order chi connectivity index (χ1) is 11.1. The molecule has 2 heterocycles. The smallest absolute Gasteiger partial charge is 0.255 e. The molecule has 0 atom stereocenters. The summed E-state index contributed by atoms with van der Waals surface area (Å²) in [4.78, 5) is 30.7. The zero-order chi connectivity index (χ0) is 16.2. The third-order valence-corrected chi connectivity index (χ3v) is 3.57. The number of aromatic nitrogens is 2. The number of nitrogens with one attached hydrogen (secondary N) is 2. The van der Waals surface area contributed by atoms with Gasteiger partial charge in [0, 0.05) is 24.3 Å². The number of H-pyrrole nitrogens is 1. The summed E-state index contributed by atoms with van der Waals surface area (Å²) in [7, 11) is 0. The number of benzene rings is 1. The van der Waals surface area contributed by atoms with Gasteiger partial charge in [0.2, 0.25) is 5.91 Å². The summed E-state index contributed by atoms with van der Waals surface area (Å²) < 4.78 is 0. The van der Waals surface area contributed by atoms with Crippen LogP contribution in [0, 0.1) is 0 Å². The lowest BCUT2D eigenvalue weighted by molar-refractivity contribution is -0.120. The van der Waals surface area contributed by atoms with Gasteiger partial charge in [-0.2, -0.15) is 0 Å². The number of aromatic amines is 1. The zero-order valence-electron chi connectivity index (χ0n) is 12.2. The summed E-state index contributed by atoms with van der Waals surface area (Å²) in [5.74, 6) is -0.485. The van der Waals surface area contributed by atoms with Crippen molar-refractivity contribution in [3.8, 4) is 5.75 Å². The SMILES string of the molecule is O=C(Cc1c(O)c2ccccc2[nH]c1=O)NCc1ccncc1. The molecule has 0 fully saturated rings. The highest BCUT2D eigenvalue weighted by atomic mass is 16.3. The molecular formula is C17H15N3O3. The van der Waals surface area contributed by atoms with Gasteiger partial charge in [0.25, 0.3) is 5.56 Å². The largest absolute Gasteiger partial charge is 0.507 e. The van der Waals surface area contributed by atoms with Crippen molar-refractivity contribution in [3.05, 3.63) is 70.3 Å². The molecule has 6 nitrogen and oxygen atoms in total. The Hall–Kier alpha value is -3.15. The molecule has 1 aromatic carbocycles. The van der Waals surface area contributed by atoms with Gasteiger partial charge in [0.15, 0.2) is 0 Å². The normalized spacial score (nSPS) is 10.6. The molecule has 6 heteroatoms. The van der Waals surface area contributed by atoms with Gasteiger partial charge in [-0.05, 0) is 29.8 Å². The monoisotopic (exact) mass is 309 g/mol. The maximum Gasteiger partial charge on any atom is 0.255 e. The van der Waals surface area contributed by atoms with Crippen LogP contribution in [0.15, 0.2) is 53.6 Å². The van der Waals surface area contributed by atoms with Crippen LogP contribution in [0.3, 0.4) is 0 Å². The molecule has 0 spiro atoms. The van der Waals surface area contributed by atoms with E-state index in [0.29, 0.717) is 17.4 Å². The molecule has 3 N–H and O–H groups in total. The fourth-order valence-corrected chi connectivity index (χ4v) is 2.35. The molecule has 0 aliphatic carbocycles. The van der Waals surface area contributed by atoms with Crippen LogP contribution >= 0.6 is 0 Å². The van der Waals surface area contributed by atoms with Crippen LogP contribution < -0.4 is 10.9 Å². The van der Waals surface area contributed by atoms with Crippen LogP contribution in [0.25, 0.3) is 10.9 Å². The molecule has 3 rings (SSSR count). The molecule has 2 aromatic heterocycles. The molecule has 0 aliphatic rings. The minimum Gasteiger partial charge on any atom is -0.507 e. The van der Waals surface area contributed by atoms with E-state index in [9.17, 15) is 14.7 Å². The number of hydrogen-bond donors (Lipinski definition) is 3. The van der Waals surface area contributed by atoms with E-state index >= 15 is 0 Å². The number of para-hydroxylation sites is 1. The van der Waals surface area contributed by atoms with Crippen LogP contribution in [0.4, 0.5) is 0 Å². The summed E-state index contributed by atoms with van der Waals surface area (Å²) in [6.45, 7) is 0.341. The van der Waals surface area contributed by atoms with Gasteiger partial charge in [0.05, 0.1) is 17.5 Å². The highest BCUT2D eigenvalue weighted by molar-refractivity contribution is 5.88. The van der Waals surface area contributed by atoms with Crippen molar-refractivity contribution in [3.63, 3.8) is 0 Å². The van der Waals surface area contributed by atoms with E-state index in [1.54, 1.807) is 48.8 Å². The van der Waals surface area contributed by atoms with Crippen LogP contribution in [0.5, 0.6) is 5.75 Å². The van der Waals surface area contributed by atoms with Crippen molar-refractivity contribution < 1.29 is 9.90 Å². The predicted octanol–water partition coefficient (Wildman–Crippen LogP) is 1.49. The Balaban J connectivity index is 1.78. The lowest BCUT2D eigenvalue weighted by Gasteiger charge is -2.08. The minimum absolute atomic E-state index is 0.0657. The number of pyridine rings is 2. The first-order valence-electron chi connectivity index (χ1n) is 7.13. The van der Waals surface area contributed by atoms with Gasteiger partial charge in [-0.3, -0.25) is 14.6 Å². The molecule has 0 saturated carbocycles. The second-order valence-electron chi connectivity index (χ2n) is 5.14. The quantitative estimate of drug-likeness (QED) is 0.680. The highest BCUT2D eigenvalue weighted by Gasteiger charge is 2.15. The van der Waals surface area contributed by atoms with Crippen LogP contribution in [-0.2, 0) is 17.8 Å². The van der Waals surface area contributed by atoms with E-state index in [-0.39, 0.29) is 23.6 Å². The number of rotatable bonds is 4. The van der Waals surface area contributed by atoms with Crippen molar-refractivity contribution in [2.45, 2.75) is 13.0 Å². The maximum absolute atomic E-state index is 12.1. The van der Waals surface area contributed by atoms with Gasteiger partial charge in [-0.1, -0.05) is 12.1 Å². The summed E-state index contributed by atoms with van der Waals surface area (Å²) in [6, 6.07) is 10.5. The molecular weight excluding hydrogens is 294 g/mol. The van der Waals surface area contributed by atoms with Crippen molar-refractivity contribution in [2.75, 3.05) is 0 Å². The average Bonchev–Trinajstić information content (AvgIpc) is 2.58. The number of nitrogens with zero attached hydrogens (tertiary/aromatic N) is 1. The number of carbonyl (C=O) groups excluding carboxylic acids is 1. The van der Waals surface area contributed by atoms with Crippen molar-refractivity contribution in [1.29, 1.82) is 0 Å². The fourth-order valence-electron chi connectivity index (χ4n) is 2.35. The lowest BCUT2D eigenvalue weighted by Crippen LogP contribution is -2.27. The van der Waals surface area contributed by atoms with Gasteiger partial charge in [0.1, 0.15) is 5.75 Å². The molecule has 23 heavy (non-hydrogen) atoms. The Bertz CT molecular complexity index is 904. The molecule has 1 amide bonds. The van der Waals surface area contributed by atoms with E-state index in [1.165, 1.54) is 0 Å². The molecule has 0 bridgehead atoms. The minimum atomic E-state index is -0.458. The van der Waals surface area contributed by atoms with Gasteiger partial charge < -0.3 is 15.4 Å². The third kappa shape index (κ3) is 3.21. The number of carbonyl (C=O) groups is 1. The third-order valence-electron chi connectivity index (χ3n) is 3.57. The van der Waals surface area contributed by atoms with Gasteiger partial charge in [-0.25, -0.2) is 0 Å². The molecule has 0 aliphatic heterocycles. The topological polar surface area (TPSA) is 95.1 Å². The van der Waals surface area contributed by atoms with Crippen LogP contribution in [-0.4, -0.2) is 21.0 Å². The summed E-state index contributed by atoms with van der Waals surface area (Å²) in [6.07, 6.45) is 3.10. The van der Waals surface area contributed by atoms with E-state index in [0.717, 1.165) is 5.56 Å².